The van der Waals surface area contributed by atoms with E-state index >= 15 is 0 Å². The van der Waals surface area contributed by atoms with Crippen LogP contribution in [0.3, 0.4) is 0 Å². The summed E-state index contributed by atoms with van der Waals surface area (Å²) in [7, 11) is 1.61. The highest BCUT2D eigenvalue weighted by Gasteiger charge is 2.33. The van der Waals surface area contributed by atoms with Crippen molar-refractivity contribution in [1.82, 2.24) is 0 Å². The Bertz CT molecular complexity index is 629. The first-order valence-electron chi connectivity index (χ1n) is 6.45. The van der Waals surface area contributed by atoms with Gasteiger partial charge in [0.25, 0.3) is 5.92 Å². The number of benzene rings is 2. The second kappa shape index (κ2) is 6.18. The van der Waals surface area contributed by atoms with E-state index in [0.717, 1.165) is 0 Å². The molecule has 0 fully saturated rings. The molecule has 21 heavy (non-hydrogen) atoms. The van der Waals surface area contributed by atoms with Crippen molar-refractivity contribution >= 4 is 22.9 Å². The zero-order valence-corrected chi connectivity index (χ0v) is 12.4. The Morgan fingerprint density at radius 1 is 1.10 bits per heavy atom. The van der Waals surface area contributed by atoms with E-state index in [0.29, 0.717) is 11.3 Å². The van der Waals surface area contributed by atoms with Gasteiger partial charge in [-0.1, -0.05) is 54.7 Å². The maximum absolute atomic E-state index is 14.3. The summed E-state index contributed by atoms with van der Waals surface area (Å²) in [6.07, 6.45) is 0. The fourth-order valence-corrected chi connectivity index (χ4v) is 2.34. The molecule has 0 amide bonds. The second-order valence-corrected chi connectivity index (χ2v) is 5.25. The Morgan fingerprint density at radius 2 is 1.67 bits per heavy atom. The van der Waals surface area contributed by atoms with Crippen LogP contribution in [-0.4, -0.2) is 18.6 Å². The Balaban J connectivity index is 2.26. The van der Waals surface area contributed by atoms with Crippen LogP contribution in [0.5, 0.6) is 0 Å². The third-order valence-corrected chi connectivity index (χ3v) is 3.43. The summed E-state index contributed by atoms with van der Waals surface area (Å²) >= 11 is 4.97. The first-order valence-corrected chi connectivity index (χ1v) is 6.86. The van der Waals surface area contributed by atoms with Gasteiger partial charge < -0.3 is 10.6 Å². The molecular weight excluding hydrogens is 290 g/mol. The van der Waals surface area contributed by atoms with Crippen molar-refractivity contribution in [2.45, 2.75) is 5.92 Å². The predicted molar refractivity (Wildman–Crippen MR) is 85.9 cm³/mol. The smallest absolute Gasteiger partial charge is 0.290 e. The molecule has 0 spiro atoms. The van der Waals surface area contributed by atoms with Gasteiger partial charge in [-0.2, -0.15) is 8.78 Å². The number of rotatable bonds is 5. The van der Waals surface area contributed by atoms with Crippen molar-refractivity contribution < 1.29 is 8.78 Å². The van der Waals surface area contributed by atoms with Crippen molar-refractivity contribution in [3.05, 3.63) is 65.7 Å². The number of anilines is 1. The number of nitrogens with two attached hydrogens (primary N) is 1. The summed E-state index contributed by atoms with van der Waals surface area (Å²) in [5.74, 6) is -2.96. The number of likely N-dealkylation sites (N-methyl/N-ethyl adjacent to an activating group) is 1. The first kappa shape index (κ1) is 15.4. The Labute approximate surface area is 128 Å². The van der Waals surface area contributed by atoms with Crippen molar-refractivity contribution in [3.63, 3.8) is 0 Å². The Morgan fingerprint density at radius 3 is 2.29 bits per heavy atom. The van der Waals surface area contributed by atoms with Crippen LogP contribution < -0.4 is 10.6 Å². The summed E-state index contributed by atoms with van der Waals surface area (Å²) in [5.41, 5.74) is 6.83. The molecule has 0 saturated carbocycles. The average molecular weight is 306 g/mol. The minimum atomic E-state index is -2.96. The van der Waals surface area contributed by atoms with Gasteiger partial charge in [0.2, 0.25) is 0 Å². The molecule has 0 aliphatic heterocycles. The zero-order valence-electron chi connectivity index (χ0n) is 11.6. The fraction of sp³-hybridized carbons (Fsp3) is 0.188. The maximum atomic E-state index is 14.3. The van der Waals surface area contributed by atoms with Crippen LogP contribution in [0.15, 0.2) is 54.6 Å². The number of nitrogens with zero attached hydrogens (tertiary/aromatic N) is 1. The molecular formula is C16H16F2N2S. The lowest BCUT2D eigenvalue weighted by molar-refractivity contribution is 0.00499. The molecule has 0 bridgehead atoms. The molecule has 0 aliphatic carbocycles. The van der Waals surface area contributed by atoms with Gasteiger partial charge in [0.05, 0.1) is 6.54 Å². The SMILES string of the molecule is CN(CC(F)(F)c1ccccc1)c1ccccc1C(N)=S. The van der Waals surface area contributed by atoms with Gasteiger partial charge in [-0.15, -0.1) is 0 Å². The molecule has 0 heterocycles. The highest BCUT2D eigenvalue weighted by Crippen LogP contribution is 2.31. The molecule has 2 nitrogen and oxygen atoms in total. The summed E-state index contributed by atoms with van der Waals surface area (Å²) in [6.45, 7) is -0.448. The van der Waals surface area contributed by atoms with Crippen molar-refractivity contribution in [3.8, 4) is 0 Å². The lowest BCUT2D eigenvalue weighted by Crippen LogP contribution is -2.33. The maximum Gasteiger partial charge on any atom is 0.290 e. The molecule has 2 aromatic rings. The Hall–Kier alpha value is -2.01. The molecule has 0 unspecified atom stereocenters. The topological polar surface area (TPSA) is 29.3 Å². The molecule has 2 rings (SSSR count). The normalized spacial score (nSPS) is 11.2. The molecule has 2 N–H and O–H groups in total. The van der Waals surface area contributed by atoms with Crippen LogP contribution in [0.1, 0.15) is 11.1 Å². The quantitative estimate of drug-likeness (QED) is 0.857. The van der Waals surface area contributed by atoms with Gasteiger partial charge in [0.15, 0.2) is 0 Å². The highest BCUT2D eigenvalue weighted by atomic mass is 32.1. The lowest BCUT2D eigenvalue weighted by atomic mass is 10.1. The van der Waals surface area contributed by atoms with Crippen LogP contribution >= 0.6 is 12.2 Å². The van der Waals surface area contributed by atoms with E-state index in [1.54, 1.807) is 49.5 Å². The number of hydrogen-bond acceptors (Lipinski definition) is 2. The van der Waals surface area contributed by atoms with Crippen LogP contribution in [0.25, 0.3) is 0 Å². The average Bonchev–Trinajstić information content (AvgIpc) is 2.47. The summed E-state index contributed by atoms with van der Waals surface area (Å²) in [6, 6.07) is 14.8. The van der Waals surface area contributed by atoms with Gasteiger partial charge in [0.1, 0.15) is 4.99 Å². The largest absolute Gasteiger partial charge is 0.389 e. The molecule has 0 atom stereocenters. The molecule has 0 radical (unpaired) electrons. The van der Waals surface area contributed by atoms with E-state index in [4.69, 9.17) is 18.0 Å². The third kappa shape index (κ3) is 3.55. The molecule has 110 valence electrons. The van der Waals surface area contributed by atoms with Crippen molar-refractivity contribution in [1.29, 1.82) is 0 Å². The van der Waals surface area contributed by atoms with E-state index in [2.05, 4.69) is 0 Å². The van der Waals surface area contributed by atoms with Gasteiger partial charge in [0, 0.05) is 23.9 Å². The Kier molecular flexibility index (Phi) is 4.53. The van der Waals surface area contributed by atoms with Crippen molar-refractivity contribution in [2.24, 2.45) is 5.73 Å². The molecule has 0 aromatic heterocycles. The number of halogens is 2. The molecule has 0 saturated heterocycles. The predicted octanol–water partition coefficient (Wildman–Crippen LogP) is 3.55. The minimum Gasteiger partial charge on any atom is -0.389 e. The summed E-state index contributed by atoms with van der Waals surface area (Å²) in [4.78, 5) is 1.67. The molecule has 5 heteroatoms. The van der Waals surface area contributed by atoms with Crippen molar-refractivity contribution in [2.75, 3.05) is 18.5 Å². The van der Waals surface area contributed by atoms with Gasteiger partial charge in [-0.25, -0.2) is 0 Å². The van der Waals surface area contributed by atoms with Crippen LogP contribution in [0.2, 0.25) is 0 Å². The second-order valence-electron chi connectivity index (χ2n) is 4.81. The number of alkyl halides is 2. The minimum absolute atomic E-state index is 0.00958. The fourth-order valence-electron chi connectivity index (χ4n) is 2.17. The standard InChI is InChI=1S/C16H16F2N2S/c1-20(14-10-6-5-9-13(14)15(19)21)11-16(17,18)12-7-3-2-4-8-12/h2-10H,11H2,1H3,(H2,19,21). The van der Waals surface area contributed by atoms with E-state index in [1.807, 2.05) is 0 Å². The van der Waals surface area contributed by atoms with E-state index in [9.17, 15) is 8.78 Å². The first-order chi connectivity index (χ1) is 9.92. The number of thiocarbonyl (C=S) groups is 1. The lowest BCUT2D eigenvalue weighted by Gasteiger charge is -2.27. The highest BCUT2D eigenvalue weighted by molar-refractivity contribution is 7.80. The van der Waals surface area contributed by atoms with Crippen LogP contribution in [0.4, 0.5) is 14.5 Å². The summed E-state index contributed by atoms with van der Waals surface area (Å²) in [5, 5.41) is 0. The zero-order chi connectivity index (χ0) is 15.5. The monoisotopic (exact) mass is 306 g/mol. The number of para-hydroxylation sites is 1. The molecule has 0 aliphatic rings. The molecule has 2 aromatic carbocycles. The van der Waals surface area contributed by atoms with Gasteiger partial charge in [-0.3, -0.25) is 0 Å². The third-order valence-electron chi connectivity index (χ3n) is 3.21. The van der Waals surface area contributed by atoms with Gasteiger partial charge in [-0.05, 0) is 12.1 Å². The summed E-state index contributed by atoms with van der Waals surface area (Å²) < 4.78 is 28.6. The van der Waals surface area contributed by atoms with Crippen LogP contribution in [-0.2, 0) is 5.92 Å². The van der Waals surface area contributed by atoms with E-state index in [1.165, 1.54) is 17.0 Å². The van der Waals surface area contributed by atoms with Crippen LogP contribution in [0, 0.1) is 0 Å². The number of hydrogen-bond donors (Lipinski definition) is 1. The van der Waals surface area contributed by atoms with E-state index < -0.39 is 12.5 Å². The van der Waals surface area contributed by atoms with E-state index in [-0.39, 0.29) is 10.6 Å². The van der Waals surface area contributed by atoms with Gasteiger partial charge >= 0.3 is 0 Å².